The van der Waals surface area contributed by atoms with Crippen LogP contribution < -0.4 is 10.1 Å². The van der Waals surface area contributed by atoms with Crippen LogP contribution >= 0.6 is 0 Å². The number of hydrogen-bond donors (Lipinski definition) is 1. The molecule has 0 bridgehead atoms. The van der Waals surface area contributed by atoms with Gasteiger partial charge in [0.25, 0.3) is 0 Å². The first kappa shape index (κ1) is 13.0. The van der Waals surface area contributed by atoms with Crippen LogP contribution in [0.5, 0.6) is 5.75 Å². The van der Waals surface area contributed by atoms with E-state index in [1.807, 2.05) is 6.92 Å². The Hall–Kier alpha value is -1.46. The average molecular weight is 243 g/mol. The predicted molar refractivity (Wildman–Crippen MR) is 74.6 cm³/mol. The first-order chi connectivity index (χ1) is 8.62. The summed E-state index contributed by atoms with van der Waals surface area (Å²) in [6.45, 7) is 7.93. The van der Waals surface area contributed by atoms with Crippen LogP contribution in [0.4, 0.5) is 0 Å². The highest BCUT2D eigenvalue weighted by atomic mass is 16.5. The quantitative estimate of drug-likeness (QED) is 0.648. The lowest BCUT2D eigenvalue weighted by molar-refractivity contribution is 0.137. The normalized spacial score (nSPS) is 15.5. The van der Waals surface area contributed by atoms with Crippen molar-refractivity contribution in [3.8, 4) is 17.6 Å². The Kier molecular flexibility index (Phi) is 3.93. The van der Waals surface area contributed by atoms with Crippen LogP contribution in [-0.4, -0.2) is 12.1 Å². The summed E-state index contributed by atoms with van der Waals surface area (Å²) in [5.41, 5.74) is 2.52. The molecule has 1 aromatic rings. The summed E-state index contributed by atoms with van der Waals surface area (Å²) in [4.78, 5) is 0. The van der Waals surface area contributed by atoms with Gasteiger partial charge in [-0.25, -0.2) is 0 Å². The molecule has 0 spiro atoms. The van der Waals surface area contributed by atoms with E-state index in [-0.39, 0.29) is 5.60 Å². The minimum Gasteiger partial charge on any atom is -0.487 e. The summed E-state index contributed by atoms with van der Waals surface area (Å²) < 4.78 is 6.04. The summed E-state index contributed by atoms with van der Waals surface area (Å²) in [6, 6.07) is 6.42. The molecule has 1 aliphatic heterocycles. The van der Waals surface area contributed by atoms with Gasteiger partial charge in [0.15, 0.2) is 0 Å². The van der Waals surface area contributed by atoms with Crippen molar-refractivity contribution < 1.29 is 4.74 Å². The monoisotopic (exact) mass is 243 g/mol. The lowest BCUT2D eigenvalue weighted by Gasteiger charge is -2.18. The highest BCUT2D eigenvalue weighted by Gasteiger charge is 2.31. The number of fused-ring (bicyclic) bond motifs is 1. The molecule has 0 aliphatic carbocycles. The molecule has 2 heteroatoms. The van der Waals surface area contributed by atoms with Crippen LogP contribution in [0.25, 0.3) is 0 Å². The van der Waals surface area contributed by atoms with Crippen molar-refractivity contribution in [3.05, 3.63) is 29.3 Å². The molecule has 0 atom stereocenters. The summed E-state index contributed by atoms with van der Waals surface area (Å²) in [7, 11) is 0. The van der Waals surface area contributed by atoms with Gasteiger partial charge in [-0.15, -0.1) is 11.8 Å². The van der Waals surface area contributed by atoms with Crippen LogP contribution in [-0.2, 0) is 13.0 Å². The fourth-order valence-corrected chi connectivity index (χ4v) is 2.32. The molecule has 0 amide bonds. The SMILES string of the molecule is CC#CCCNCc1cccc2c1OC(C)(C)C2. The van der Waals surface area contributed by atoms with E-state index in [9.17, 15) is 0 Å². The second-order valence-corrected chi connectivity index (χ2v) is 5.30. The Labute approximate surface area is 110 Å². The lowest BCUT2D eigenvalue weighted by atomic mass is 10.0. The standard InChI is InChI=1S/C16H21NO/c1-4-5-6-10-17-12-14-9-7-8-13-11-16(2,3)18-15(13)14/h7-9,17H,6,10-12H2,1-3H3. The molecule has 18 heavy (non-hydrogen) atoms. The van der Waals surface area contributed by atoms with Gasteiger partial charge in [-0.05, 0) is 26.3 Å². The average Bonchev–Trinajstić information content (AvgIpc) is 2.63. The minimum absolute atomic E-state index is 0.0634. The molecule has 0 saturated heterocycles. The number of para-hydroxylation sites is 1. The van der Waals surface area contributed by atoms with Crippen LogP contribution in [0.2, 0.25) is 0 Å². The third-order valence-corrected chi connectivity index (χ3v) is 3.09. The highest BCUT2D eigenvalue weighted by Crippen LogP contribution is 2.37. The van der Waals surface area contributed by atoms with E-state index in [1.165, 1.54) is 11.1 Å². The summed E-state index contributed by atoms with van der Waals surface area (Å²) in [5.74, 6) is 7.04. The van der Waals surface area contributed by atoms with Crippen molar-refractivity contribution in [1.29, 1.82) is 0 Å². The molecule has 2 nitrogen and oxygen atoms in total. The molecule has 1 aliphatic rings. The van der Waals surface area contributed by atoms with Gasteiger partial charge in [0, 0.05) is 31.5 Å². The number of ether oxygens (including phenoxy) is 1. The Morgan fingerprint density at radius 1 is 1.39 bits per heavy atom. The fraction of sp³-hybridized carbons (Fsp3) is 0.500. The van der Waals surface area contributed by atoms with Gasteiger partial charge < -0.3 is 10.1 Å². The van der Waals surface area contributed by atoms with Gasteiger partial charge in [0.05, 0.1) is 0 Å². The zero-order valence-corrected chi connectivity index (χ0v) is 11.5. The molecule has 0 fully saturated rings. The van der Waals surface area contributed by atoms with E-state index in [1.54, 1.807) is 0 Å². The van der Waals surface area contributed by atoms with Crippen molar-refractivity contribution in [3.63, 3.8) is 0 Å². The molecule has 1 N–H and O–H groups in total. The third-order valence-electron chi connectivity index (χ3n) is 3.09. The molecule has 1 aromatic carbocycles. The number of rotatable bonds is 4. The molecule has 0 unspecified atom stereocenters. The van der Waals surface area contributed by atoms with Crippen LogP contribution in [0.3, 0.4) is 0 Å². The molecular weight excluding hydrogens is 222 g/mol. The lowest BCUT2D eigenvalue weighted by Crippen LogP contribution is -2.25. The second-order valence-electron chi connectivity index (χ2n) is 5.30. The second kappa shape index (κ2) is 5.46. The number of hydrogen-bond acceptors (Lipinski definition) is 2. The van der Waals surface area contributed by atoms with Gasteiger partial charge in [0.1, 0.15) is 11.4 Å². The molecule has 1 heterocycles. The van der Waals surface area contributed by atoms with Crippen LogP contribution in [0, 0.1) is 11.8 Å². The van der Waals surface area contributed by atoms with Crippen molar-refractivity contribution in [2.75, 3.05) is 6.54 Å². The zero-order valence-electron chi connectivity index (χ0n) is 11.5. The van der Waals surface area contributed by atoms with Crippen molar-refractivity contribution in [1.82, 2.24) is 5.32 Å². The van der Waals surface area contributed by atoms with E-state index in [0.717, 1.165) is 31.7 Å². The maximum atomic E-state index is 6.04. The molecule has 0 radical (unpaired) electrons. The topological polar surface area (TPSA) is 21.3 Å². The Bertz CT molecular complexity index is 480. The summed E-state index contributed by atoms with van der Waals surface area (Å²) in [5, 5.41) is 3.41. The van der Waals surface area contributed by atoms with E-state index in [0.29, 0.717) is 0 Å². The minimum atomic E-state index is -0.0634. The van der Waals surface area contributed by atoms with E-state index < -0.39 is 0 Å². The van der Waals surface area contributed by atoms with Gasteiger partial charge in [-0.1, -0.05) is 18.2 Å². The Morgan fingerprint density at radius 3 is 3.00 bits per heavy atom. The fourth-order valence-electron chi connectivity index (χ4n) is 2.32. The van der Waals surface area contributed by atoms with Gasteiger partial charge >= 0.3 is 0 Å². The molecule has 96 valence electrons. The molecule has 2 rings (SSSR count). The zero-order chi connectivity index (χ0) is 13.0. The molecule has 0 saturated carbocycles. The molecular formula is C16H21NO. The first-order valence-corrected chi connectivity index (χ1v) is 6.52. The third kappa shape index (κ3) is 3.05. The van der Waals surface area contributed by atoms with Gasteiger partial charge in [0.2, 0.25) is 0 Å². The van der Waals surface area contributed by atoms with Crippen molar-refractivity contribution in [2.45, 2.75) is 45.8 Å². The maximum Gasteiger partial charge on any atom is 0.127 e. The van der Waals surface area contributed by atoms with E-state index in [2.05, 4.69) is 49.2 Å². The summed E-state index contributed by atoms with van der Waals surface area (Å²) >= 11 is 0. The smallest absolute Gasteiger partial charge is 0.127 e. The van der Waals surface area contributed by atoms with Crippen molar-refractivity contribution >= 4 is 0 Å². The highest BCUT2D eigenvalue weighted by molar-refractivity contribution is 5.45. The van der Waals surface area contributed by atoms with Crippen molar-refractivity contribution in [2.24, 2.45) is 0 Å². The van der Waals surface area contributed by atoms with E-state index in [4.69, 9.17) is 4.74 Å². The van der Waals surface area contributed by atoms with E-state index >= 15 is 0 Å². The van der Waals surface area contributed by atoms with Crippen LogP contribution in [0.1, 0.15) is 38.3 Å². The largest absolute Gasteiger partial charge is 0.487 e. The number of benzene rings is 1. The first-order valence-electron chi connectivity index (χ1n) is 6.52. The van der Waals surface area contributed by atoms with Crippen LogP contribution in [0.15, 0.2) is 18.2 Å². The van der Waals surface area contributed by atoms with Gasteiger partial charge in [-0.3, -0.25) is 0 Å². The summed E-state index contributed by atoms with van der Waals surface area (Å²) in [6.07, 6.45) is 1.90. The van der Waals surface area contributed by atoms with Gasteiger partial charge in [-0.2, -0.15) is 0 Å². The molecule has 0 aromatic heterocycles. The number of nitrogens with one attached hydrogen (secondary N) is 1. The Balaban J connectivity index is 1.98. The Morgan fingerprint density at radius 2 is 2.22 bits per heavy atom. The maximum absolute atomic E-state index is 6.04. The predicted octanol–water partition coefficient (Wildman–Crippen LogP) is 2.90.